The van der Waals surface area contributed by atoms with E-state index in [2.05, 4.69) is 21.0 Å². The summed E-state index contributed by atoms with van der Waals surface area (Å²) in [6, 6.07) is 7.44. The number of hydrazone groups is 1. The summed E-state index contributed by atoms with van der Waals surface area (Å²) in [6.07, 6.45) is 1.45. The molecule has 21 heavy (non-hydrogen) atoms. The predicted molar refractivity (Wildman–Crippen MR) is 83.8 cm³/mol. The van der Waals surface area contributed by atoms with Crippen LogP contribution in [0.15, 0.2) is 33.8 Å². The Kier molecular flexibility index (Phi) is 3.88. The maximum atomic E-state index is 12.0. The highest BCUT2D eigenvalue weighted by Gasteiger charge is 2.36. The molecule has 1 fully saturated rings. The molecule has 1 atom stereocenters. The van der Waals surface area contributed by atoms with Crippen molar-refractivity contribution in [1.29, 1.82) is 0 Å². The fourth-order valence-electron chi connectivity index (χ4n) is 2.67. The van der Waals surface area contributed by atoms with Crippen LogP contribution >= 0.6 is 15.9 Å². The fraction of sp³-hybridized carbons (Fsp3) is 0.429. The van der Waals surface area contributed by atoms with Crippen molar-refractivity contribution in [2.45, 2.75) is 25.3 Å². The largest absolute Gasteiger partial charge is 0.273 e. The smallest absolute Gasteiger partial charge is 0.243 e. The highest BCUT2D eigenvalue weighted by atomic mass is 79.9. The van der Waals surface area contributed by atoms with E-state index in [1.54, 1.807) is 0 Å². The maximum absolute atomic E-state index is 12.0. The first-order valence-electron chi connectivity index (χ1n) is 6.80. The molecule has 0 aromatic heterocycles. The van der Waals surface area contributed by atoms with Crippen LogP contribution in [0.3, 0.4) is 0 Å². The van der Waals surface area contributed by atoms with Gasteiger partial charge in [0, 0.05) is 17.3 Å². The lowest BCUT2D eigenvalue weighted by Gasteiger charge is -2.28. The highest BCUT2D eigenvalue weighted by molar-refractivity contribution is 9.10. The van der Waals surface area contributed by atoms with Crippen LogP contribution in [-0.2, 0) is 14.6 Å². The van der Waals surface area contributed by atoms with E-state index in [1.807, 2.05) is 24.3 Å². The number of sulfone groups is 1. The standard InChI is InChI=1S/C14H15BrN2O3S/c15-11-3-1-10(2-4-11)13-5-6-14(18)17(16-13)12-7-8-21(19,20)9-12/h1-4,12H,5-9H2/t12-/m1/s1. The molecule has 1 aromatic carbocycles. The van der Waals surface area contributed by atoms with Crippen molar-refractivity contribution >= 4 is 37.4 Å². The van der Waals surface area contributed by atoms with E-state index in [0.29, 0.717) is 19.3 Å². The molecule has 1 aromatic rings. The zero-order chi connectivity index (χ0) is 15.0. The summed E-state index contributed by atoms with van der Waals surface area (Å²) in [5.74, 6) is 0.0819. The minimum absolute atomic E-state index is 0.0237. The van der Waals surface area contributed by atoms with Gasteiger partial charge in [0.2, 0.25) is 5.91 Å². The Morgan fingerprint density at radius 2 is 1.90 bits per heavy atom. The Morgan fingerprint density at radius 3 is 2.52 bits per heavy atom. The van der Waals surface area contributed by atoms with Gasteiger partial charge in [-0.3, -0.25) is 4.79 Å². The van der Waals surface area contributed by atoms with Crippen LogP contribution in [0.25, 0.3) is 0 Å². The second-order valence-electron chi connectivity index (χ2n) is 5.35. The van der Waals surface area contributed by atoms with Crippen molar-refractivity contribution < 1.29 is 13.2 Å². The van der Waals surface area contributed by atoms with Gasteiger partial charge in [0.25, 0.3) is 0 Å². The average Bonchev–Trinajstić information content (AvgIpc) is 2.80. The third-order valence-electron chi connectivity index (χ3n) is 3.79. The lowest BCUT2D eigenvalue weighted by Crippen LogP contribution is -2.40. The second-order valence-corrected chi connectivity index (χ2v) is 8.49. The summed E-state index contributed by atoms with van der Waals surface area (Å²) in [5.41, 5.74) is 1.81. The van der Waals surface area contributed by atoms with Gasteiger partial charge in [0.05, 0.1) is 23.3 Å². The molecule has 1 saturated heterocycles. The zero-order valence-electron chi connectivity index (χ0n) is 11.3. The van der Waals surface area contributed by atoms with Crippen LogP contribution in [0.4, 0.5) is 0 Å². The third-order valence-corrected chi connectivity index (χ3v) is 6.07. The van der Waals surface area contributed by atoms with E-state index in [4.69, 9.17) is 0 Å². The van der Waals surface area contributed by atoms with Crippen LogP contribution in [-0.4, -0.2) is 42.6 Å². The normalized spacial score (nSPS) is 25.0. The summed E-state index contributed by atoms with van der Waals surface area (Å²) in [6.45, 7) is 0. The molecule has 1 amide bonds. The maximum Gasteiger partial charge on any atom is 0.243 e. The molecule has 112 valence electrons. The molecule has 0 bridgehead atoms. The van der Waals surface area contributed by atoms with E-state index in [9.17, 15) is 13.2 Å². The molecule has 2 aliphatic heterocycles. The quantitative estimate of drug-likeness (QED) is 0.798. The Balaban J connectivity index is 1.88. The van der Waals surface area contributed by atoms with E-state index in [1.165, 1.54) is 5.01 Å². The monoisotopic (exact) mass is 370 g/mol. The van der Waals surface area contributed by atoms with E-state index in [0.717, 1.165) is 15.7 Å². The summed E-state index contributed by atoms with van der Waals surface area (Å²) in [5, 5.41) is 5.83. The molecule has 2 heterocycles. The van der Waals surface area contributed by atoms with Crippen molar-refractivity contribution in [1.82, 2.24) is 5.01 Å². The lowest BCUT2D eigenvalue weighted by molar-refractivity contribution is -0.133. The molecule has 0 N–H and O–H groups in total. The SMILES string of the molecule is O=C1CCC(c2ccc(Br)cc2)=NN1[C@@H]1CCS(=O)(=O)C1. The van der Waals surface area contributed by atoms with Gasteiger partial charge in [0.15, 0.2) is 9.84 Å². The summed E-state index contributed by atoms with van der Waals surface area (Å²) < 4.78 is 24.2. The Morgan fingerprint density at radius 1 is 1.19 bits per heavy atom. The van der Waals surface area contributed by atoms with Crippen molar-refractivity contribution in [2.24, 2.45) is 5.10 Å². The van der Waals surface area contributed by atoms with Gasteiger partial charge in [-0.1, -0.05) is 28.1 Å². The van der Waals surface area contributed by atoms with Crippen molar-refractivity contribution in [3.63, 3.8) is 0 Å². The van der Waals surface area contributed by atoms with Crippen LogP contribution in [0.1, 0.15) is 24.8 Å². The summed E-state index contributed by atoms with van der Waals surface area (Å²) in [7, 11) is -3.03. The number of halogens is 1. The van der Waals surface area contributed by atoms with Crippen LogP contribution in [0, 0.1) is 0 Å². The summed E-state index contributed by atoms with van der Waals surface area (Å²) in [4.78, 5) is 12.0. The summed E-state index contributed by atoms with van der Waals surface area (Å²) >= 11 is 3.39. The molecular weight excluding hydrogens is 356 g/mol. The number of hydrogen-bond donors (Lipinski definition) is 0. The molecular formula is C14H15BrN2O3S. The molecule has 3 rings (SSSR count). The second kappa shape index (κ2) is 5.53. The van der Waals surface area contributed by atoms with Gasteiger partial charge in [-0.2, -0.15) is 5.10 Å². The van der Waals surface area contributed by atoms with Crippen molar-refractivity contribution in [2.75, 3.05) is 11.5 Å². The molecule has 0 radical (unpaired) electrons. The Bertz CT molecular complexity index is 697. The molecule has 0 saturated carbocycles. The van der Waals surface area contributed by atoms with Gasteiger partial charge < -0.3 is 0 Å². The molecule has 7 heteroatoms. The van der Waals surface area contributed by atoms with Crippen LogP contribution in [0.5, 0.6) is 0 Å². The topological polar surface area (TPSA) is 66.8 Å². The molecule has 0 spiro atoms. The molecule has 5 nitrogen and oxygen atoms in total. The van der Waals surface area contributed by atoms with Crippen LogP contribution < -0.4 is 0 Å². The lowest BCUT2D eigenvalue weighted by atomic mass is 10.0. The zero-order valence-corrected chi connectivity index (χ0v) is 13.7. The first-order valence-corrected chi connectivity index (χ1v) is 9.42. The van der Waals surface area contributed by atoms with Crippen molar-refractivity contribution in [3.05, 3.63) is 34.3 Å². The number of rotatable bonds is 2. The van der Waals surface area contributed by atoms with Gasteiger partial charge in [0.1, 0.15) is 0 Å². The van der Waals surface area contributed by atoms with E-state index >= 15 is 0 Å². The predicted octanol–water partition coefficient (Wildman–Crippen LogP) is 1.96. The molecule has 0 unspecified atom stereocenters. The van der Waals surface area contributed by atoms with Crippen LogP contribution in [0.2, 0.25) is 0 Å². The molecule has 2 aliphatic rings. The fourth-order valence-corrected chi connectivity index (χ4v) is 4.63. The Hall–Kier alpha value is -1.21. The third kappa shape index (κ3) is 3.18. The number of carbonyl (C=O) groups is 1. The van der Waals surface area contributed by atoms with E-state index < -0.39 is 9.84 Å². The molecule has 0 aliphatic carbocycles. The highest BCUT2D eigenvalue weighted by Crippen LogP contribution is 2.24. The van der Waals surface area contributed by atoms with Gasteiger partial charge >= 0.3 is 0 Å². The number of nitrogens with zero attached hydrogens (tertiary/aromatic N) is 2. The number of hydrogen-bond acceptors (Lipinski definition) is 4. The number of carbonyl (C=O) groups excluding carboxylic acids is 1. The van der Waals surface area contributed by atoms with Gasteiger partial charge in [-0.05, 0) is 24.1 Å². The van der Waals surface area contributed by atoms with E-state index in [-0.39, 0.29) is 23.5 Å². The number of amides is 1. The first kappa shape index (κ1) is 14.7. The van der Waals surface area contributed by atoms with Gasteiger partial charge in [-0.15, -0.1) is 0 Å². The minimum atomic E-state index is -3.03. The minimum Gasteiger partial charge on any atom is -0.273 e. The van der Waals surface area contributed by atoms with Crippen molar-refractivity contribution in [3.8, 4) is 0 Å². The van der Waals surface area contributed by atoms with Gasteiger partial charge in [-0.25, -0.2) is 13.4 Å². The number of benzene rings is 1. The Labute approximate surface area is 132 Å². The average molecular weight is 371 g/mol. The first-order chi connectivity index (χ1) is 9.94.